The van der Waals surface area contributed by atoms with E-state index in [1.54, 1.807) is 0 Å². The van der Waals surface area contributed by atoms with Gasteiger partial charge in [0.25, 0.3) is 5.91 Å². The number of amides is 2. The average molecular weight is 279 g/mol. The Morgan fingerprint density at radius 1 is 1.30 bits per heavy atom. The fourth-order valence-corrected chi connectivity index (χ4v) is 1.56. The highest BCUT2D eigenvalue weighted by molar-refractivity contribution is 5.95. The molecule has 2 amide bonds. The Bertz CT molecular complexity index is 507. The van der Waals surface area contributed by atoms with Crippen molar-refractivity contribution in [3.05, 3.63) is 23.8 Å². The van der Waals surface area contributed by atoms with Crippen molar-refractivity contribution in [2.45, 2.75) is 32.7 Å². The summed E-state index contributed by atoms with van der Waals surface area (Å²) < 4.78 is 0. The number of rotatable bonds is 4. The van der Waals surface area contributed by atoms with Gasteiger partial charge in [0.15, 0.2) is 0 Å². The molecular weight excluding hydrogens is 258 g/mol. The molecule has 0 radical (unpaired) electrons. The van der Waals surface area contributed by atoms with E-state index in [0.717, 1.165) is 0 Å². The second kappa shape index (κ2) is 6.27. The van der Waals surface area contributed by atoms with Crippen LogP contribution in [0.25, 0.3) is 0 Å². The van der Waals surface area contributed by atoms with Crippen molar-refractivity contribution in [3.8, 4) is 5.75 Å². The lowest BCUT2D eigenvalue weighted by Crippen LogP contribution is -2.41. The number of nitrogens with one attached hydrogen (secondary N) is 2. The predicted molar refractivity (Wildman–Crippen MR) is 77.4 cm³/mol. The minimum Gasteiger partial charge on any atom is -0.506 e. The molecule has 110 valence electrons. The van der Waals surface area contributed by atoms with Gasteiger partial charge in [-0.05, 0) is 39.0 Å². The number of phenols is 1. The van der Waals surface area contributed by atoms with E-state index in [0.29, 0.717) is 5.56 Å². The molecule has 0 saturated heterocycles. The van der Waals surface area contributed by atoms with E-state index in [2.05, 4.69) is 10.6 Å². The highest BCUT2D eigenvalue weighted by Gasteiger charge is 2.14. The van der Waals surface area contributed by atoms with Gasteiger partial charge in [0.05, 0.1) is 5.69 Å². The number of anilines is 1. The zero-order chi connectivity index (χ0) is 15.3. The Kier molecular flexibility index (Phi) is 4.96. The van der Waals surface area contributed by atoms with Gasteiger partial charge in [0.1, 0.15) is 5.75 Å². The standard InChI is InChI=1S/C14H21N3O3/c1-14(2,3)17-12(19)6-7-16-13(20)9-4-5-10(15)11(18)8-9/h4-5,8,18H,6-7,15H2,1-3H3,(H,16,20)(H,17,19). The minimum atomic E-state index is -0.358. The molecule has 0 aromatic heterocycles. The molecule has 0 aliphatic rings. The van der Waals surface area contributed by atoms with Gasteiger partial charge in [-0.3, -0.25) is 9.59 Å². The minimum absolute atomic E-state index is 0.127. The van der Waals surface area contributed by atoms with E-state index in [4.69, 9.17) is 5.73 Å². The summed E-state index contributed by atoms with van der Waals surface area (Å²) in [5.41, 5.74) is 5.68. The number of carbonyl (C=O) groups is 2. The molecule has 0 saturated carbocycles. The summed E-state index contributed by atoms with van der Waals surface area (Å²) in [6, 6.07) is 4.26. The zero-order valence-corrected chi connectivity index (χ0v) is 12.0. The van der Waals surface area contributed by atoms with Crippen molar-refractivity contribution in [1.82, 2.24) is 10.6 Å². The second-order valence-corrected chi connectivity index (χ2v) is 5.58. The number of phenolic OH excluding ortho intramolecular Hbond substituents is 1. The van der Waals surface area contributed by atoms with Crippen molar-refractivity contribution < 1.29 is 14.7 Å². The van der Waals surface area contributed by atoms with Gasteiger partial charge < -0.3 is 21.5 Å². The summed E-state index contributed by atoms with van der Waals surface area (Å²) in [6.45, 7) is 5.90. The lowest BCUT2D eigenvalue weighted by molar-refractivity contribution is -0.122. The first-order valence-corrected chi connectivity index (χ1v) is 6.37. The van der Waals surface area contributed by atoms with Crippen LogP contribution in [0.15, 0.2) is 18.2 Å². The summed E-state index contributed by atoms with van der Waals surface area (Å²) in [5.74, 6) is -0.620. The molecule has 6 heteroatoms. The monoisotopic (exact) mass is 279 g/mol. The van der Waals surface area contributed by atoms with Crippen molar-refractivity contribution in [3.63, 3.8) is 0 Å². The third kappa shape index (κ3) is 5.17. The molecule has 0 heterocycles. The second-order valence-electron chi connectivity index (χ2n) is 5.58. The first kappa shape index (κ1) is 15.8. The van der Waals surface area contributed by atoms with E-state index < -0.39 is 0 Å². The quantitative estimate of drug-likeness (QED) is 0.487. The van der Waals surface area contributed by atoms with Crippen LogP contribution in [-0.2, 0) is 4.79 Å². The molecule has 20 heavy (non-hydrogen) atoms. The van der Waals surface area contributed by atoms with Gasteiger partial charge in [-0.15, -0.1) is 0 Å². The molecule has 0 bridgehead atoms. The van der Waals surface area contributed by atoms with Crippen LogP contribution in [0.1, 0.15) is 37.6 Å². The van der Waals surface area contributed by atoms with Gasteiger partial charge in [-0.1, -0.05) is 0 Å². The van der Waals surface area contributed by atoms with Crippen LogP contribution in [0.5, 0.6) is 5.75 Å². The molecule has 1 aromatic carbocycles. The van der Waals surface area contributed by atoms with Crippen LogP contribution in [0.4, 0.5) is 5.69 Å². The number of benzene rings is 1. The van der Waals surface area contributed by atoms with Crippen LogP contribution in [-0.4, -0.2) is 29.0 Å². The third-order valence-corrected chi connectivity index (χ3v) is 2.44. The molecule has 0 unspecified atom stereocenters. The molecule has 5 N–H and O–H groups in total. The molecule has 0 aliphatic heterocycles. The van der Waals surface area contributed by atoms with E-state index in [1.807, 2.05) is 20.8 Å². The average Bonchev–Trinajstić information content (AvgIpc) is 2.30. The highest BCUT2D eigenvalue weighted by Crippen LogP contribution is 2.20. The Hall–Kier alpha value is -2.24. The Morgan fingerprint density at radius 3 is 2.50 bits per heavy atom. The molecular formula is C14H21N3O3. The van der Waals surface area contributed by atoms with Crippen molar-refractivity contribution >= 4 is 17.5 Å². The Balaban J connectivity index is 2.44. The lowest BCUT2D eigenvalue weighted by Gasteiger charge is -2.20. The zero-order valence-electron chi connectivity index (χ0n) is 12.0. The first-order valence-electron chi connectivity index (χ1n) is 6.37. The summed E-state index contributed by atoms with van der Waals surface area (Å²) in [7, 11) is 0. The van der Waals surface area contributed by atoms with Crippen molar-refractivity contribution in [2.75, 3.05) is 12.3 Å². The molecule has 1 rings (SSSR count). The maximum atomic E-state index is 11.8. The summed E-state index contributed by atoms with van der Waals surface area (Å²) >= 11 is 0. The smallest absolute Gasteiger partial charge is 0.251 e. The number of aromatic hydroxyl groups is 1. The van der Waals surface area contributed by atoms with E-state index >= 15 is 0 Å². The third-order valence-electron chi connectivity index (χ3n) is 2.44. The SMILES string of the molecule is CC(C)(C)NC(=O)CCNC(=O)c1ccc(N)c(O)c1. The molecule has 0 atom stereocenters. The van der Waals surface area contributed by atoms with Gasteiger partial charge in [-0.25, -0.2) is 0 Å². The number of hydrogen-bond acceptors (Lipinski definition) is 4. The van der Waals surface area contributed by atoms with E-state index in [-0.39, 0.29) is 41.8 Å². The van der Waals surface area contributed by atoms with Crippen molar-refractivity contribution in [2.24, 2.45) is 0 Å². The molecule has 6 nitrogen and oxygen atoms in total. The lowest BCUT2D eigenvalue weighted by atomic mass is 10.1. The van der Waals surface area contributed by atoms with Gasteiger partial charge in [0, 0.05) is 24.1 Å². The van der Waals surface area contributed by atoms with Crippen LogP contribution in [0.3, 0.4) is 0 Å². The van der Waals surface area contributed by atoms with Gasteiger partial charge in [0.2, 0.25) is 5.91 Å². The largest absolute Gasteiger partial charge is 0.506 e. The van der Waals surface area contributed by atoms with Gasteiger partial charge in [-0.2, -0.15) is 0 Å². The number of nitrogen functional groups attached to an aromatic ring is 1. The normalized spacial score (nSPS) is 10.9. The Labute approximate surface area is 118 Å². The predicted octanol–water partition coefficient (Wildman–Crippen LogP) is 1.01. The van der Waals surface area contributed by atoms with E-state index in [9.17, 15) is 14.7 Å². The summed E-state index contributed by atoms with van der Waals surface area (Å²) in [5, 5.41) is 14.8. The first-order chi connectivity index (χ1) is 9.19. The number of nitrogens with two attached hydrogens (primary N) is 1. The van der Waals surface area contributed by atoms with Crippen LogP contribution in [0.2, 0.25) is 0 Å². The van der Waals surface area contributed by atoms with Crippen LogP contribution < -0.4 is 16.4 Å². The highest BCUT2D eigenvalue weighted by atomic mass is 16.3. The van der Waals surface area contributed by atoms with Crippen LogP contribution in [0, 0.1) is 0 Å². The molecule has 1 aromatic rings. The van der Waals surface area contributed by atoms with Gasteiger partial charge >= 0.3 is 0 Å². The van der Waals surface area contributed by atoms with E-state index in [1.165, 1.54) is 18.2 Å². The molecule has 0 spiro atoms. The Morgan fingerprint density at radius 2 is 1.95 bits per heavy atom. The summed E-state index contributed by atoms with van der Waals surface area (Å²) in [6.07, 6.45) is 0.198. The number of carbonyl (C=O) groups excluding carboxylic acids is 2. The maximum absolute atomic E-state index is 11.8. The summed E-state index contributed by atoms with van der Waals surface area (Å²) in [4.78, 5) is 23.3. The maximum Gasteiger partial charge on any atom is 0.251 e. The van der Waals surface area contributed by atoms with Crippen LogP contribution >= 0.6 is 0 Å². The molecule has 0 aliphatic carbocycles. The van der Waals surface area contributed by atoms with Crippen molar-refractivity contribution in [1.29, 1.82) is 0 Å². The molecule has 0 fully saturated rings. The topological polar surface area (TPSA) is 104 Å². The fraction of sp³-hybridized carbons (Fsp3) is 0.429. The fourth-order valence-electron chi connectivity index (χ4n) is 1.56. The number of hydrogen-bond donors (Lipinski definition) is 4.